The van der Waals surface area contributed by atoms with Crippen LogP contribution in [0.1, 0.15) is 31.8 Å². The van der Waals surface area contributed by atoms with Gasteiger partial charge in [-0.15, -0.1) is 0 Å². The summed E-state index contributed by atoms with van der Waals surface area (Å²) in [5.74, 6) is 1.26. The number of ketones is 2. The second kappa shape index (κ2) is 10.5. The predicted octanol–water partition coefficient (Wildman–Crippen LogP) is 7.64. The van der Waals surface area contributed by atoms with Crippen LogP contribution >= 0.6 is 23.2 Å². The molecule has 0 N–H and O–H groups in total. The van der Waals surface area contributed by atoms with E-state index in [9.17, 15) is 9.59 Å². The Labute approximate surface area is 202 Å². The number of halogens is 2. The SMILES string of the molecule is O=C(Cc1ccc(Cl)cc1)c1ccc(Oc2ccc(C(=O)Cc3ccc(Cl)cc3)cc2)cc1. The standard InChI is InChI=1S/C28H20Cl2O3/c29-23-9-1-19(2-10-23)17-27(31)21-5-13-25(14-6-21)33-26-15-7-22(8-16-26)28(32)18-20-3-11-24(30)12-4-20/h1-16H,17-18H2. The average Bonchev–Trinajstić information content (AvgIpc) is 2.83. The molecule has 0 unspecified atom stereocenters. The van der Waals surface area contributed by atoms with Crippen molar-refractivity contribution in [1.29, 1.82) is 0 Å². The van der Waals surface area contributed by atoms with E-state index in [0.29, 0.717) is 45.5 Å². The maximum absolute atomic E-state index is 12.5. The number of ether oxygens (including phenoxy) is 1. The molecule has 0 spiro atoms. The molecular weight excluding hydrogens is 455 g/mol. The number of rotatable bonds is 8. The molecule has 4 rings (SSSR count). The summed E-state index contributed by atoms with van der Waals surface area (Å²) in [7, 11) is 0. The topological polar surface area (TPSA) is 43.4 Å². The van der Waals surface area contributed by atoms with Gasteiger partial charge in [0.25, 0.3) is 0 Å². The van der Waals surface area contributed by atoms with E-state index in [1.54, 1.807) is 72.8 Å². The van der Waals surface area contributed by atoms with Crippen molar-refractivity contribution in [1.82, 2.24) is 0 Å². The number of carbonyl (C=O) groups excluding carboxylic acids is 2. The van der Waals surface area contributed by atoms with Gasteiger partial charge in [-0.1, -0.05) is 47.5 Å². The molecule has 0 aliphatic heterocycles. The maximum atomic E-state index is 12.5. The molecule has 0 fully saturated rings. The minimum Gasteiger partial charge on any atom is -0.457 e. The molecule has 5 heteroatoms. The van der Waals surface area contributed by atoms with Gasteiger partial charge in [-0.25, -0.2) is 0 Å². The summed E-state index contributed by atoms with van der Waals surface area (Å²) in [6.45, 7) is 0. The highest BCUT2D eigenvalue weighted by Gasteiger charge is 2.10. The molecule has 0 saturated heterocycles. The molecule has 4 aromatic rings. The second-order valence-corrected chi connectivity index (χ2v) is 8.48. The molecule has 33 heavy (non-hydrogen) atoms. The zero-order valence-electron chi connectivity index (χ0n) is 17.6. The summed E-state index contributed by atoms with van der Waals surface area (Å²) in [4.78, 5) is 25.0. The highest BCUT2D eigenvalue weighted by molar-refractivity contribution is 6.30. The summed E-state index contributed by atoms with van der Waals surface area (Å²) >= 11 is 11.8. The zero-order valence-corrected chi connectivity index (χ0v) is 19.1. The van der Waals surface area contributed by atoms with Crippen LogP contribution in [0.5, 0.6) is 11.5 Å². The van der Waals surface area contributed by atoms with Gasteiger partial charge in [0.05, 0.1) is 0 Å². The first-order chi connectivity index (χ1) is 16.0. The Morgan fingerprint density at radius 2 is 0.848 bits per heavy atom. The molecule has 3 nitrogen and oxygen atoms in total. The van der Waals surface area contributed by atoms with Crippen LogP contribution in [0.25, 0.3) is 0 Å². The van der Waals surface area contributed by atoms with Crippen molar-refractivity contribution in [2.45, 2.75) is 12.8 Å². The Morgan fingerprint density at radius 1 is 0.515 bits per heavy atom. The monoisotopic (exact) mass is 474 g/mol. The van der Waals surface area contributed by atoms with Crippen LogP contribution in [-0.2, 0) is 12.8 Å². The van der Waals surface area contributed by atoms with E-state index >= 15 is 0 Å². The van der Waals surface area contributed by atoms with Gasteiger partial charge in [0.15, 0.2) is 11.6 Å². The van der Waals surface area contributed by atoms with Crippen molar-refractivity contribution in [2.75, 3.05) is 0 Å². The van der Waals surface area contributed by atoms with E-state index in [0.717, 1.165) is 11.1 Å². The quantitative estimate of drug-likeness (QED) is 0.246. The lowest BCUT2D eigenvalue weighted by molar-refractivity contribution is 0.0985. The van der Waals surface area contributed by atoms with Crippen molar-refractivity contribution in [2.24, 2.45) is 0 Å². The molecule has 0 aliphatic carbocycles. The van der Waals surface area contributed by atoms with Gasteiger partial charge in [0, 0.05) is 34.0 Å². The molecule has 0 atom stereocenters. The first kappa shape index (κ1) is 22.8. The van der Waals surface area contributed by atoms with Crippen LogP contribution < -0.4 is 4.74 Å². The number of benzene rings is 4. The molecule has 0 radical (unpaired) electrons. The molecule has 4 aromatic carbocycles. The van der Waals surface area contributed by atoms with Gasteiger partial charge in [0.1, 0.15) is 11.5 Å². The molecule has 0 saturated carbocycles. The Kier molecular flexibility index (Phi) is 7.23. The largest absolute Gasteiger partial charge is 0.457 e. The summed E-state index contributed by atoms with van der Waals surface area (Å²) < 4.78 is 5.86. The van der Waals surface area contributed by atoms with Crippen LogP contribution in [0, 0.1) is 0 Å². The number of carbonyl (C=O) groups is 2. The van der Waals surface area contributed by atoms with Crippen LogP contribution in [0.3, 0.4) is 0 Å². The molecule has 0 aromatic heterocycles. The van der Waals surface area contributed by atoms with Crippen molar-refractivity contribution < 1.29 is 14.3 Å². The minimum atomic E-state index is 0.0208. The average molecular weight is 475 g/mol. The van der Waals surface area contributed by atoms with Gasteiger partial charge in [-0.05, 0) is 83.9 Å². The third kappa shape index (κ3) is 6.32. The molecule has 0 amide bonds. The molecule has 164 valence electrons. The van der Waals surface area contributed by atoms with Gasteiger partial charge >= 0.3 is 0 Å². The van der Waals surface area contributed by atoms with Gasteiger partial charge in [-0.2, -0.15) is 0 Å². The van der Waals surface area contributed by atoms with Crippen LogP contribution in [0.15, 0.2) is 97.1 Å². The Hall–Kier alpha value is -3.40. The summed E-state index contributed by atoms with van der Waals surface area (Å²) in [5, 5.41) is 1.29. The third-order valence-electron chi connectivity index (χ3n) is 5.14. The lowest BCUT2D eigenvalue weighted by Crippen LogP contribution is -2.03. The van der Waals surface area contributed by atoms with E-state index in [1.807, 2.05) is 24.3 Å². The lowest BCUT2D eigenvalue weighted by atomic mass is 10.0. The van der Waals surface area contributed by atoms with Crippen molar-refractivity contribution in [3.63, 3.8) is 0 Å². The molecule has 0 bridgehead atoms. The fourth-order valence-electron chi connectivity index (χ4n) is 3.33. The smallest absolute Gasteiger partial charge is 0.167 e. The minimum absolute atomic E-state index is 0.0208. The van der Waals surface area contributed by atoms with E-state index < -0.39 is 0 Å². The Bertz CT molecular complexity index is 1140. The van der Waals surface area contributed by atoms with E-state index in [1.165, 1.54) is 0 Å². The maximum Gasteiger partial charge on any atom is 0.167 e. The van der Waals surface area contributed by atoms with Crippen molar-refractivity contribution >= 4 is 34.8 Å². The van der Waals surface area contributed by atoms with E-state index in [4.69, 9.17) is 27.9 Å². The summed E-state index contributed by atoms with van der Waals surface area (Å²) in [5.41, 5.74) is 3.05. The highest BCUT2D eigenvalue weighted by atomic mass is 35.5. The van der Waals surface area contributed by atoms with Gasteiger partial charge in [0.2, 0.25) is 0 Å². The number of hydrogen-bond acceptors (Lipinski definition) is 3. The van der Waals surface area contributed by atoms with Crippen molar-refractivity contribution in [3.8, 4) is 11.5 Å². The predicted molar refractivity (Wildman–Crippen MR) is 132 cm³/mol. The zero-order chi connectivity index (χ0) is 23.2. The summed E-state index contributed by atoms with van der Waals surface area (Å²) in [6, 6.07) is 28.5. The first-order valence-corrected chi connectivity index (χ1v) is 11.2. The Morgan fingerprint density at radius 3 is 1.18 bits per heavy atom. The van der Waals surface area contributed by atoms with Crippen LogP contribution in [0.2, 0.25) is 10.0 Å². The second-order valence-electron chi connectivity index (χ2n) is 7.60. The molecule has 0 aliphatic rings. The normalized spacial score (nSPS) is 10.6. The van der Waals surface area contributed by atoms with Crippen LogP contribution in [0.4, 0.5) is 0 Å². The van der Waals surface area contributed by atoms with Crippen molar-refractivity contribution in [3.05, 3.63) is 129 Å². The number of Topliss-reactive ketones (excluding diaryl/α,β-unsaturated/α-hetero) is 2. The summed E-state index contributed by atoms with van der Waals surface area (Å²) in [6.07, 6.45) is 0.617. The third-order valence-corrected chi connectivity index (χ3v) is 5.65. The molecular formula is C28H20Cl2O3. The van der Waals surface area contributed by atoms with Crippen LogP contribution in [-0.4, -0.2) is 11.6 Å². The number of hydrogen-bond donors (Lipinski definition) is 0. The van der Waals surface area contributed by atoms with E-state index in [2.05, 4.69) is 0 Å². The van der Waals surface area contributed by atoms with Gasteiger partial charge in [-0.3, -0.25) is 9.59 Å². The lowest BCUT2D eigenvalue weighted by Gasteiger charge is -2.08. The fourth-order valence-corrected chi connectivity index (χ4v) is 3.59. The van der Waals surface area contributed by atoms with Gasteiger partial charge < -0.3 is 4.74 Å². The fraction of sp³-hybridized carbons (Fsp3) is 0.0714. The molecule has 0 heterocycles. The van der Waals surface area contributed by atoms with E-state index in [-0.39, 0.29) is 11.6 Å². The highest BCUT2D eigenvalue weighted by Crippen LogP contribution is 2.23. The Balaban J connectivity index is 1.34. The first-order valence-electron chi connectivity index (χ1n) is 10.4.